The average Bonchev–Trinajstić information content (AvgIpc) is 2.45. The molecule has 0 bridgehead atoms. The zero-order valence-electron chi connectivity index (χ0n) is 11.3. The van der Waals surface area contributed by atoms with Gasteiger partial charge in [0.1, 0.15) is 17.6 Å². The van der Waals surface area contributed by atoms with E-state index in [0.29, 0.717) is 28.0 Å². The van der Waals surface area contributed by atoms with Crippen molar-refractivity contribution in [2.75, 3.05) is 7.11 Å². The molecule has 1 unspecified atom stereocenters. The Bertz CT molecular complexity index is 652. The lowest BCUT2D eigenvalue weighted by atomic mass is 9.95. The van der Waals surface area contributed by atoms with E-state index in [2.05, 4.69) is 0 Å². The van der Waals surface area contributed by atoms with Gasteiger partial charge in [-0.2, -0.15) is 0 Å². The van der Waals surface area contributed by atoms with Gasteiger partial charge in [0.2, 0.25) is 0 Å². The zero-order valence-corrected chi connectivity index (χ0v) is 12.9. The molecule has 1 aliphatic heterocycles. The Balaban J connectivity index is 1.96. The van der Waals surface area contributed by atoms with Gasteiger partial charge in [0.25, 0.3) is 0 Å². The third-order valence-electron chi connectivity index (χ3n) is 3.54. The molecule has 110 valence electrons. The minimum atomic E-state index is -0.595. The molecule has 0 saturated carbocycles. The van der Waals surface area contributed by atoms with E-state index in [1.165, 1.54) is 0 Å². The van der Waals surface area contributed by atoms with E-state index in [9.17, 15) is 5.11 Å². The summed E-state index contributed by atoms with van der Waals surface area (Å²) in [5.41, 5.74) is 1.61. The highest BCUT2D eigenvalue weighted by molar-refractivity contribution is 6.34. The molecule has 1 N–H and O–H groups in total. The van der Waals surface area contributed by atoms with Crippen molar-refractivity contribution in [1.82, 2.24) is 0 Å². The largest absolute Gasteiger partial charge is 0.497 e. The molecular weight excluding hydrogens is 311 g/mol. The number of aliphatic hydroxyl groups is 1. The minimum absolute atomic E-state index is 0.296. The van der Waals surface area contributed by atoms with Gasteiger partial charge in [-0.05, 0) is 35.9 Å². The average molecular weight is 325 g/mol. The molecule has 1 aliphatic rings. The maximum Gasteiger partial charge on any atom is 0.129 e. The van der Waals surface area contributed by atoms with E-state index in [1.54, 1.807) is 31.4 Å². The van der Waals surface area contributed by atoms with Gasteiger partial charge in [-0.3, -0.25) is 0 Å². The van der Waals surface area contributed by atoms with Gasteiger partial charge >= 0.3 is 0 Å². The summed E-state index contributed by atoms with van der Waals surface area (Å²) in [5, 5.41) is 11.4. The van der Waals surface area contributed by atoms with Crippen molar-refractivity contribution < 1.29 is 14.6 Å². The van der Waals surface area contributed by atoms with Crippen LogP contribution in [-0.2, 0) is 0 Å². The van der Waals surface area contributed by atoms with Crippen LogP contribution in [0.5, 0.6) is 11.5 Å². The number of halogens is 2. The van der Waals surface area contributed by atoms with E-state index >= 15 is 0 Å². The van der Waals surface area contributed by atoms with Crippen LogP contribution < -0.4 is 9.47 Å². The van der Waals surface area contributed by atoms with Crippen molar-refractivity contribution in [2.24, 2.45) is 0 Å². The summed E-state index contributed by atoms with van der Waals surface area (Å²) in [6.45, 7) is 0. The van der Waals surface area contributed by atoms with Crippen LogP contribution >= 0.6 is 23.2 Å². The molecule has 0 aliphatic carbocycles. The lowest BCUT2D eigenvalue weighted by Crippen LogP contribution is -2.19. The summed E-state index contributed by atoms with van der Waals surface area (Å²) >= 11 is 12.1. The van der Waals surface area contributed by atoms with Crippen LogP contribution in [0, 0.1) is 0 Å². The highest BCUT2D eigenvalue weighted by atomic mass is 35.5. The summed E-state index contributed by atoms with van der Waals surface area (Å²) in [5.74, 6) is 1.31. The molecule has 2 aromatic rings. The van der Waals surface area contributed by atoms with Crippen molar-refractivity contribution in [2.45, 2.75) is 18.6 Å². The van der Waals surface area contributed by atoms with Crippen LogP contribution in [0.4, 0.5) is 0 Å². The van der Waals surface area contributed by atoms with Crippen LogP contribution in [0.1, 0.15) is 29.8 Å². The van der Waals surface area contributed by atoms with Crippen LogP contribution in [0.3, 0.4) is 0 Å². The minimum Gasteiger partial charge on any atom is -0.497 e. The van der Waals surface area contributed by atoms with Gasteiger partial charge in [-0.25, -0.2) is 0 Å². The molecule has 2 aromatic carbocycles. The molecule has 0 amide bonds. The number of aliphatic hydroxyl groups excluding tert-OH is 1. The maximum absolute atomic E-state index is 10.3. The second-order valence-electron chi connectivity index (χ2n) is 4.96. The van der Waals surface area contributed by atoms with Crippen molar-refractivity contribution >= 4 is 23.2 Å². The zero-order chi connectivity index (χ0) is 15.0. The Morgan fingerprint density at radius 3 is 2.52 bits per heavy atom. The lowest BCUT2D eigenvalue weighted by molar-refractivity contribution is 0.0655. The fourth-order valence-corrected chi connectivity index (χ4v) is 3.06. The summed E-state index contributed by atoms with van der Waals surface area (Å²) in [6.07, 6.45) is -0.436. The number of hydrogen-bond donors (Lipinski definition) is 1. The first-order chi connectivity index (χ1) is 10.1. The van der Waals surface area contributed by atoms with Crippen LogP contribution in [0.15, 0.2) is 36.4 Å². The number of hydrogen-bond acceptors (Lipinski definition) is 3. The lowest BCUT2D eigenvalue weighted by Gasteiger charge is -2.30. The first-order valence-electron chi connectivity index (χ1n) is 6.55. The summed E-state index contributed by atoms with van der Waals surface area (Å²) in [6, 6.07) is 10.7. The molecule has 0 saturated heterocycles. The third kappa shape index (κ3) is 2.95. The monoisotopic (exact) mass is 324 g/mol. The van der Waals surface area contributed by atoms with E-state index in [4.69, 9.17) is 32.7 Å². The third-order valence-corrected chi connectivity index (χ3v) is 3.98. The summed E-state index contributed by atoms with van der Waals surface area (Å²) in [7, 11) is 1.59. The standard InChI is InChI=1S/C16H14Cl2O3/c1-20-12-2-3-13-14(19)8-15(21-16(13)7-12)9-4-10(17)6-11(18)5-9/h2-7,14-15,19H,8H2,1H3/t14-,15?/m0/s1. The number of rotatable bonds is 2. The van der Waals surface area contributed by atoms with Crippen LogP contribution in [-0.4, -0.2) is 12.2 Å². The fraction of sp³-hybridized carbons (Fsp3) is 0.250. The van der Waals surface area contributed by atoms with E-state index in [0.717, 1.165) is 11.1 Å². The van der Waals surface area contributed by atoms with Gasteiger partial charge in [0, 0.05) is 28.1 Å². The number of benzene rings is 2. The molecule has 2 atom stereocenters. The Hall–Kier alpha value is -1.42. The molecule has 0 aromatic heterocycles. The van der Waals surface area contributed by atoms with E-state index in [1.807, 2.05) is 12.1 Å². The Morgan fingerprint density at radius 2 is 1.86 bits per heavy atom. The fourth-order valence-electron chi connectivity index (χ4n) is 2.52. The molecule has 3 rings (SSSR count). The molecular formula is C16H14Cl2O3. The first kappa shape index (κ1) is 14.5. The Labute approximate surface area is 133 Å². The Morgan fingerprint density at radius 1 is 1.14 bits per heavy atom. The molecule has 1 heterocycles. The van der Waals surface area contributed by atoms with Crippen LogP contribution in [0.2, 0.25) is 10.0 Å². The number of fused-ring (bicyclic) bond motifs is 1. The molecule has 0 radical (unpaired) electrons. The van der Waals surface area contributed by atoms with Crippen molar-refractivity contribution in [3.8, 4) is 11.5 Å². The smallest absolute Gasteiger partial charge is 0.129 e. The summed E-state index contributed by atoms with van der Waals surface area (Å²) in [4.78, 5) is 0. The molecule has 5 heteroatoms. The van der Waals surface area contributed by atoms with Crippen molar-refractivity contribution in [3.63, 3.8) is 0 Å². The van der Waals surface area contributed by atoms with Gasteiger partial charge in [0.05, 0.1) is 13.2 Å². The predicted molar refractivity (Wildman–Crippen MR) is 82.4 cm³/mol. The SMILES string of the molecule is COc1ccc2c(c1)OC(c1cc(Cl)cc(Cl)c1)C[C@@H]2O. The normalized spacial score (nSPS) is 20.6. The quantitative estimate of drug-likeness (QED) is 0.880. The summed E-state index contributed by atoms with van der Waals surface area (Å²) < 4.78 is 11.2. The van der Waals surface area contributed by atoms with Crippen molar-refractivity contribution in [1.29, 1.82) is 0 Å². The topological polar surface area (TPSA) is 38.7 Å². The molecule has 0 spiro atoms. The van der Waals surface area contributed by atoms with Gasteiger partial charge in [-0.15, -0.1) is 0 Å². The second-order valence-corrected chi connectivity index (χ2v) is 5.84. The molecule has 21 heavy (non-hydrogen) atoms. The van der Waals surface area contributed by atoms with Gasteiger partial charge < -0.3 is 14.6 Å². The number of ether oxygens (including phenoxy) is 2. The highest BCUT2D eigenvalue weighted by Crippen LogP contribution is 2.43. The second kappa shape index (κ2) is 5.76. The van der Waals surface area contributed by atoms with Gasteiger partial charge in [-0.1, -0.05) is 23.2 Å². The van der Waals surface area contributed by atoms with Crippen molar-refractivity contribution in [3.05, 3.63) is 57.6 Å². The van der Waals surface area contributed by atoms with E-state index < -0.39 is 6.10 Å². The predicted octanol–water partition coefficient (Wildman–Crippen LogP) is 4.56. The highest BCUT2D eigenvalue weighted by Gasteiger charge is 2.28. The first-order valence-corrected chi connectivity index (χ1v) is 7.31. The maximum atomic E-state index is 10.3. The van der Waals surface area contributed by atoms with Gasteiger partial charge in [0.15, 0.2) is 0 Å². The van der Waals surface area contributed by atoms with Crippen LogP contribution in [0.25, 0.3) is 0 Å². The Kier molecular flexibility index (Phi) is 3.98. The van der Waals surface area contributed by atoms with E-state index in [-0.39, 0.29) is 6.10 Å². The molecule has 0 fully saturated rings. The number of methoxy groups -OCH3 is 1. The molecule has 3 nitrogen and oxygen atoms in total.